The first kappa shape index (κ1) is 21.6. The molecule has 0 atom stereocenters. The van der Waals surface area contributed by atoms with Gasteiger partial charge in [-0.3, -0.25) is 14.9 Å². The number of fused-ring (bicyclic) bond motifs is 1. The molecule has 0 aliphatic heterocycles. The fourth-order valence-electron chi connectivity index (χ4n) is 3.49. The van der Waals surface area contributed by atoms with Crippen LogP contribution in [-0.2, 0) is 11.3 Å². The van der Waals surface area contributed by atoms with Gasteiger partial charge in [-0.1, -0.05) is 18.2 Å². The van der Waals surface area contributed by atoms with Gasteiger partial charge >= 0.3 is 0 Å². The smallest absolute Gasteiger partial charge is 0.258 e. The van der Waals surface area contributed by atoms with Gasteiger partial charge in [-0.15, -0.1) is 11.3 Å². The van der Waals surface area contributed by atoms with Gasteiger partial charge in [-0.05, 0) is 43.3 Å². The summed E-state index contributed by atoms with van der Waals surface area (Å²) in [6.07, 6.45) is 0. The van der Waals surface area contributed by atoms with Crippen molar-refractivity contribution in [1.82, 2.24) is 15.3 Å². The van der Waals surface area contributed by atoms with Gasteiger partial charge in [0.2, 0.25) is 5.91 Å². The third-order valence-corrected chi connectivity index (χ3v) is 5.86. The molecule has 0 aliphatic rings. The van der Waals surface area contributed by atoms with Gasteiger partial charge < -0.3 is 14.2 Å². The second kappa shape index (κ2) is 8.95. The van der Waals surface area contributed by atoms with Crippen LogP contribution in [0, 0.1) is 6.92 Å². The molecule has 0 radical (unpaired) electrons. The van der Waals surface area contributed by atoms with Crippen molar-refractivity contribution in [2.24, 2.45) is 0 Å². The van der Waals surface area contributed by atoms with Crippen LogP contribution in [0.3, 0.4) is 0 Å². The van der Waals surface area contributed by atoms with Crippen LogP contribution in [0.5, 0.6) is 0 Å². The van der Waals surface area contributed by atoms with E-state index in [-0.39, 0.29) is 11.8 Å². The summed E-state index contributed by atoms with van der Waals surface area (Å²) >= 11 is 1.30. The number of amides is 2. The first-order valence-electron chi connectivity index (χ1n) is 10.5. The Balaban J connectivity index is 1.40. The van der Waals surface area contributed by atoms with E-state index in [0.29, 0.717) is 51.4 Å². The van der Waals surface area contributed by atoms with Crippen molar-refractivity contribution in [1.29, 1.82) is 0 Å². The van der Waals surface area contributed by atoms with Gasteiger partial charge in [0.15, 0.2) is 16.7 Å². The number of hydrogen-bond acceptors (Lipinski definition) is 7. The minimum atomic E-state index is -0.296. The summed E-state index contributed by atoms with van der Waals surface area (Å²) in [5.74, 6) is 2.11. The minimum Gasteiger partial charge on any atom is -0.460 e. The van der Waals surface area contributed by atoms with E-state index in [4.69, 9.17) is 8.83 Å². The Hall–Kier alpha value is -4.24. The van der Waals surface area contributed by atoms with Crippen LogP contribution in [0.4, 0.5) is 5.13 Å². The number of anilines is 1. The Morgan fingerprint density at radius 3 is 2.56 bits per heavy atom. The molecule has 0 fully saturated rings. The molecule has 0 bridgehead atoms. The van der Waals surface area contributed by atoms with Crippen LogP contribution in [0.25, 0.3) is 33.8 Å². The van der Waals surface area contributed by atoms with Crippen molar-refractivity contribution in [2.75, 3.05) is 5.32 Å². The van der Waals surface area contributed by atoms with Gasteiger partial charge in [0, 0.05) is 17.7 Å². The number of nitrogens with zero attached hydrogens (tertiary/aromatic N) is 2. The summed E-state index contributed by atoms with van der Waals surface area (Å²) < 4.78 is 11.5. The minimum absolute atomic E-state index is 0.134. The number of thiazole rings is 1. The summed E-state index contributed by atoms with van der Waals surface area (Å²) in [5, 5.41) is 8.55. The normalized spacial score (nSPS) is 11.0. The third-order valence-electron chi connectivity index (χ3n) is 5.10. The molecule has 8 nitrogen and oxygen atoms in total. The van der Waals surface area contributed by atoms with Crippen LogP contribution >= 0.6 is 11.3 Å². The molecule has 5 rings (SSSR count). The number of carbonyl (C=O) groups excluding carboxylic acids is 2. The molecule has 0 saturated carbocycles. The zero-order valence-corrected chi connectivity index (χ0v) is 19.2. The van der Waals surface area contributed by atoms with Gasteiger partial charge in [0.1, 0.15) is 22.9 Å². The number of benzene rings is 1. The number of furan rings is 2. The van der Waals surface area contributed by atoms with Crippen molar-refractivity contribution in [2.45, 2.75) is 20.4 Å². The number of hydrogen-bond donors (Lipinski definition) is 2. The average Bonchev–Trinajstić information content (AvgIpc) is 3.58. The van der Waals surface area contributed by atoms with E-state index in [1.807, 2.05) is 43.3 Å². The van der Waals surface area contributed by atoms with Crippen LogP contribution < -0.4 is 10.6 Å². The number of rotatable bonds is 6. The third kappa shape index (κ3) is 4.46. The fourth-order valence-corrected chi connectivity index (χ4v) is 4.19. The van der Waals surface area contributed by atoms with Crippen molar-refractivity contribution in [3.8, 4) is 22.9 Å². The van der Waals surface area contributed by atoms with Gasteiger partial charge in [0.25, 0.3) is 5.91 Å². The first-order valence-corrected chi connectivity index (χ1v) is 11.4. The highest BCUT2D eigenvalue weighted by Gasteiger charge is 2.17. The lowest BCUT2D eigenvalue weighted by atomic mass is 10.1. The van der Waals surface area contributed by atoms with Crippen LogP contribution in [0.1, 0.15) is 28.8 Å². The Morgan fingerprint density at radius 1 is 0.971 bits per heavy atom. The predicted octanol–water partition coefficient (Wildman–Crippen LogP) is 5.41. The molecule has 0 saturated heterocycles. The molecule has 4 aromatic heterocycles. The highest BCUT2D eigenvalue weighted by molar-refractivity contribution is 7.14. The zero-order chi connectivity index (χ0) is 23.7. The largest absolute Gasteiger partial charge is 0.460 e. The monoisotopic (exact) mass is 472 g/mol. The lowest BCUT2D eigenvalue weighted by molar-refractivity contribution is -0.119. The maximum atomic E-state index is 13.2. The molecular weight excluding hydrogens is 452 g/mol. The summed E-state index contributed by atoms with van der Waals surface area (Å²) in [7, 11) is 0. The van der Waals surface area contributed by atoms with Crippen molar-refractivity contribution in [3.05, 3.63) is 77.1 Å². The van der Waals surface area contributed by atoms with Crippen LogP contribution in [0.2, 0.25) is 0 Å². The Bertz CT molecular complexity index is 1510. The molecule has 0 unspecified atom stereocenters. The number of nitrogens with one attached hydrogen (secondary N) is 2. The molecule has 5 aromatic rings. The second-order valence-electron chi connectivity index (χ2n) is 7.65. The average molecular weight is 473 g/mol. The molecule has 1 aromatic carbocycles. The van der Waals surface area contributed by atoms with E-state index in [2.05, 4.69) is 20.6 Å². The molecule has 2 N–H and O–H groups in total. The molecule has 4 heterocycles. The number of aromatic nitrogens is 2. The van der Waals surface area contributed by atoms with E-state index >= 15 is 0 Å². The Morgan fingerprint density at radius 2 is 1.76 bits per heavy atom. The van der Waals surface area contributed by atoms with Gasteiger partial charge in [-0.2, -0.15) is 0 Å². The van der Waals surface area contributed by atoms with E-state index in [9.17, 15) is 9.59 Å². The molecule has 34 heavy (non-hydrogen) atoms. The molecular formula is C25H20N4O4S. The Labute approximate surface area is 198 Å². The van der Waals surface area contributed by atoms with Crippen molar-refractivity contribution >= 4 is 39.2 Å². The molecule has 170 valence electrons. The van der Waals surface area contributed by atoms with Gasteiger partial charge in [-0.25, -0.2) is 9.97 Å². The quantitative estimate of drug-likeness (QED) is 0.342. The number of carbonyl (C=O) groups is 2. The molecule has 2 amide bonds. The number of pyridine rings is 1. The van der Waals surface area contributed by atoms with E-state index < -0.39 is 0 Å². The zero-order valence-electron chi connectivity index (χ0n) is 18.4. The summed E-state index contributed by atoms with van der Waals surface area (Å²) in [4.78, 5) is 33.5. The SMILES string of the molecule is CC(=O)NCc1ccc(-c2csc(NC(=O)c3cc(-c4ccc(C)o4)nc4ccccc34)n2)o1. The summed E-state index contributed by atoms with van der Waals surface area (Å²) in [5.41, 5.74) is 2.35. The highest BCUT2D eigenvalue weighted by Crippen LogP contribution is 2.29. The van der Waals surface area contributed by atoms with Crippen molar-refractivity contribution < 1.29 is 18.4 Å². The fraction of sp³-hybridized carbons (Fsp3) is 0.120. The Kier molecular flexibility index (Phi) is 5.69. The maximum absolute atomic E-state index is 13.2. The predicted molar refractivity (Wildman–Crippen MR) is 129 cm³/mol. The summed E-state index contributed by atoms with van der Waals surface area (Å²) in [6, 6.07) is 16.5. The molecule has 9 heteroatoms. The molecule has 0 aliphatic carbocycles. The first-order chi connectivity index (χ1) is 16.5. The highest BCUT2D eigenvalue weighted by atomic mass is 32.1. The van der Waals surface area contributed by atoms with Crippen LogP contribution in [-0.4, -0.2) is 21.8 Å². The second-order valence-corrected chi connectivity index (χ2v) is 8.51. The number of aryl methyl sites for hydroxylation is 1. The summed E-state index contributed by atoms with van der Waals surface area (Å²) in [6.45, 7) is 3.61. The molecule has 0 spiro atoms. The number of para-hydroxylation sites is 1. The van der Waals surface area contributed by atoms with Gasteiger partial charge in [0.05, 0.1) is 17.6 Å². The van der Waals surface area contributed by atoms with E-state index in [0.717, 1.165) is 11.1 Å². The lowest BCUT2D eigenvalue weighted by Crippen LogP contribution is -2.18. The topological polar surface area (TPSA) is 110 Å². The van der Waals surface area contributed by atoms with E-state index in [1.54, 1.807) is 23.6 Å². The maximum Gasteiger partial charge on any atom is 0.258 e. The van der Waals surface area contributed by atoms with Crippen molar-refractivity contribution in [3.63, 3.8) is 0 Å². The van der Waals surface area contributed by atoms with E-state index in [1.165, 1.54) is 18.3 Å². The van der Waals surface area contributed by atoms with Crippen LogP contribution in [0.15, 0.2) is 68.8 Å². The lowest BCUT2D eigenvalue weighted by Gasteiger charge is -2.08. The standard InChI is InChI=1S/C25H20N4O4S/c1-14-7-9-22(32-14)20-11-18(17-5-3-4-6-19(17)27-20)24(31)29-25-28-21(13-34-25)23-10-8-16(33-23)12-26-15(2)30/h3-11,13H,12H2,1-2H3,(H,26,30)(H,28,29,31).